The molecule has 1 aromatic heterocycles. The predicted octanol–water partition coefficient (Wildman–Crippen LogP) is 3.91. The Kier molecular flexibility index (Phi) is 3.03. The second kappa shape index (κ2) is 4.31. The number of halogens is 3. The van der Waals surface area contributed by atoms with Crippen molar-refractivity contribution >= 4 is 28.7 Å². The van der Waals surface area contributed by atoms with Crippen molar-refractivity contribution < 1.29 is 13.6 Å². The van der Waals surface area contributed by atoms with Crippen molar-refractivity contribution in [2.24, 2.45) is 0 Å². The molecule has 0 N–H and O–H groups in total. The van der Waals surface area contributed by atoms with Crippen LogP contribution in [0.1, 0.15) is 15.2 Å². The number of ketones is 1. The van der Waals surface area contributed by atoms with Gasteiger partial charge >= 0.3 is 0 Å². The van der Waals surface area contributed by atoms with Crippen LogP contribution in [0.5, 0.6) is 0 Å². The Morgan fingerprint density at radius 1 is 1.19 bits per heavy atom. The van der Waals surface area contributed by atoms with Crippen molar-refractivity contribution in [2.75, 3.05) is 0 Å². The molecule has 2 aromatic rings. The summed E-state index contributed by atoms with van der Waals surface area (Å²) >= 11 is 6.79. The van der Waals surface area contributed by atoms with Gasteiger partial charge < -0.3 is 0 Å². The maximum atomic E-state index is 13.3. The first-order valence-corrected chi connectivity index (χ1v) is 5.58. The van der Waals surface area contributed by atoms with Gasteiger partial charge in [-0.25, -0.2) is 8.78 Å². The van der Waals surface area contributed by atoms with Gasteiger partial charge in [0, 0.05) is 0 Å². The number of thiophene rings is 1. The number of benzene rings is 1. The summed E-state index contributed by atoms with van der Waals surface area (Å²) in [5.74, 6) is -2.49. The Balaban J connectivity index is 2.54. The van der Waals surface area contributed by atoms with Gasteiger partial charge in [0.25, 0.3) is 0 Å². The van der Waals surface area contributed by atoms with Gasteiger partial charge in [0.15, 0.2) is 0 Å². The van der Waals surface area contributed by atoms with Crippen LogP contribution in [0.15, 0.2) is 29.6 Å². The highest BCUT2D eigenvalue weighted by Crippen LogP contribution is 2.26. The van der Waals surface area contributed by atoms with Gasteiger partial charge in [0.05, 0.1) is 15.5 Å². The average Bonchev–Trinajstić information content (AvgIpc) is 2.64. The SMILES string of the molecule is O=C(c1sccc1Cl)c1c(F)cccc1F. The topological polar surface area (TPSA) is 17.1 Å². The summed E-state index contributed by atoms with van der Waals surface area (Å²) in [4.78, 5) is 12.0. The quantitative estimate of drug-likeness (QED) is 0.747. The summed E-state index contributed by atoms with van der Waals surface area (Å²) in [6.45, 7) is 0. The molecule has 0 unspecified atom stereocenters. The number of carbonyl (C=O) groups excluding carboxylic acids is 1. The molecule has 16 heavy (non-hydrogen) atoms. The number of rotatable bonds is 2. The third-order valence-corrected chi connectivity index (χ3v) is 3.35. The number of hydrogen-bond donors (Lipinski definition) is 0. The standard InChI is InChI=1S/C11H5ClF2OS/c12-6-4-5-16-11(6)10(15)9-7(13)2-1-3-8(9)14/h1-5H. The summed E-state index contributed by atoms with van der Waals surface area (Å²) < 4.78 is 26.7. The minimum absolute atomic E-state index is 0.144. The molecular weight excluding hydrogens is 254 g/mol. The molecule has 0 fully saturated rings. The summed E-state index contributed by atoms with van der Waals surface area (Å²) in [6, 6.07) is 4.80. The van der Waals surface area contributed by atoms with Crippen molar-refractivity contribution in [3.05, 3.63) is 56.7 Å². The van der Waals surface area contributed by atoms with E-state index in [2.05, 4.69) is 0 Å². The summed E-state index contributed by atoms with van der Waals surface area (Å²) in [6.07, 6.45) is 0. The number of carbonyl (C=O) groups is 1. The molecule has 0 bridgehead atoms. The van der Waals surface area contributed by atoms with E-state index in [9.17, 15) is 13.6 Å². The highest BCUT2D eigenvalue weighted by Gasteiger charge is 2.21. The molecular formula is C11H5ClF2OS. The predicted molar refractivity (Wildman–Crippen MR) is 59.1 cm³/mol. The van der Waals surface area contributed by atoms with Crippen LogP contribution in [0.2, 0.25) is 5.02 Å². The Bertz CT molecular complexity index is 530. The molecule has 1 heterocycles. The molecule has 1 nitrogen and oxygen atoms in total. The van der Waals surface area contributed by atoms with Crippen LogP contribution in [-0.2, 0) is 0 Å². The van der Waals surface area contributed by atoms with Crippen LogP contribution in [0, 0.1) is 11.6 Å². The zero-order chi connectivity index (χ0) is 11.7. The van der Waals surface area contributed by atoms with Crippen molar-refractivity contribution in [1.29, 1.82) is 0 Å². The first kappa shape index (κ1) is 11.2. The third kappa shape index (κ3) is 1.86. The highest BCUT2D eigenvalue weighted by atomic mass is 35.5. The van der Waals surface area contributed by atoms with E-state index in [1.54, 1.807) is 5.38 Å². The monoisotopic (exact) mass is 258 g/mol. The summed E-state index contributed by atoms with van der Waals surface area (Å²) in [5, 5.41) is 1.80. The molecule has 0 aliphatic rings. The van der Waals surface area contributed by atoms with Gasteiger partial charge in [-0.05, 0) is 23.6 Å². The molecule has 0 aliphatic carbocycles. The van der Waals surface area contributed by atoms with Gasteiger partial charge in [0.2, 0.25) is 5.78 Å². The first-order valence-electron chi connectivity index (χ1n) is 4.33. The molecule has 5 heteroatoms. The molecule has 0 aliphatic heterocycles. The van der Waals surface area contributed by atoms with Crippen LogP contribution in [0.4, 0.5) is 8.78 Å². The molecule has 1 aromatic carbocycles. The minimum Gasteiger partial charge on any atom is -0.287 e. The van der Waals surface area contributed by atoms with Crippen LogP contribution in [0.25, 0.3) is 0 Å². The van der Waals surface area contributed by atoms with Gasteiger partial charge in [-0.1, -0.05) is 17.7 Å². The molecule has 2 rings (SSSR count). The lowest BCUT2D eigenvalue weighted by atomic mass is 10.1. The molecule has 82 valence electrons. The Morgan fingerprint density at radius 2 is 1.81 bits per heavy atom. The second-order valence-corrected chi connectivity index (χ2v) is 4.35. The van der Waals surface area contributed by atoms with Crippen molar-refractivity contribution in [1.82, 2.24) is 0 Å². The van der Waals surface area contributed by atoms with Crippen molar-refractivity contribution in [3.63, 3.8) is 0 Å². The lowest BCUT2D eigenvalue weighted by molar-refractivity contribution is 0.103. The van der Waals surface area contributed by atoms with E-state index in [0.717, 1.165) is 23.5 Å². The smallest absolute Gasteiger partial charge is 0.210 e. The fraction of sp³-hybridized carbons (Fsp3) is 0. The Morgan fingerprint density at radius 3 is 2.31 bits per heavy atom. The largest absolute Gasteiger partial charge is 0.287 e. The van der Waals surface area contributed by atoms with Gasteiger partial charge in [-0.2, -0.15) is 0 Å². The molecule has 0 saturated heterocycles. The van der Waals surface area contributed by atoms with E-state index >= 15 is 0 Å². The fourth-order valence-electron chi connectivity index (χ4n) is 1.28. The van der Waals surface area contributed by atoms with E-state index in [1.165, 1.54) is 12.1 Å². The van der Waals surface area contributed by atoms with Crippen molar-refractivity contribution in [3.8, 4) is 0 Å². The van der Waals surface area contributed by atoms with Crippen molar-refractivity contribution in [2.45, 2.75) is 0 Å². The maximum absolute atomic E-state index is 13.3. The first-order chi connectivity index (χ1) is 7.61. The lowest BCUT2D eigenvalue weighted by Crippen LogP contribution is -2.06. The Hall–Kier alpha value is -1.26. The van der Waals surface area contributed by atoms with Gasteiger partial charge in [0.1, 0.15) is 11.6 Å². The summed E-state index contributed by atoms with van der Waals surface area (Å²) in [5.41, 5.74) is -0.563. The van der Waals surface area contributed by atoms with Crippen LogP contribution >= 0.6 is 22.9 Å². The van der Waals surface area contributed by atoms with E-state index in [4.69, 9.17) is 11.6 Å². The average molecular weight is 259 g/mol. The molecule has 0 saturated carbocycles. The fourth-order valence-corrected chi connectivity index (χ4v) is 2.37. The second-order valence-electron chi connectivity index (χ2n) is 3.02. The Labute approximate surface area is 99.3 Å². The minimum atomic E-state index is -0.880. The molecule has 0 radical (unpaired) electrons. The zero-order valence-corrected chi connectivity index (χ0v) is 9.41. The number of hydrogen-bond acceptors (Lipinski definition) is 2. The van der Waals surface area contributed by atoms with E-state index in [1.807, 2.05) is 0 Å². The lowest BCUT2D eigenvalue weighted by Gasteiger charge is -2.02. The zero-order valence-electron chi connectivity index (χ0n) is 7.84. The maximum Gasteiger partial charge on any atom is 0.210 e. The van der Waals surface area contributed by atoms with Gasteiger partial charge in [-0.15, -0.1) is 11.3 Å². The third-order valence-electron chi connectivity index (χ3n) is 2.01. The van der Waals surface area contributed by atoms with E-state index in [-0.39, 0.29) is 9.90 Å². The molecule has 0 amide bonds. The highest BCUT2D eigenvalue weighted by molar-refractivity contribution is 7.13. The van der Waals surface area contributed by atoms with Crippen LogP contribution < -0.4 is 0 Å². The van der Waals surface area contributed by atoms with E-state index in [0.29, 0.717) is 0 Å². The van der Waals surface area contributed by atoms with E-state index < -0.39 is 23.0 Å². The summed E-state index contributed by atoms with van der Waals surface area (Å²) in [7, 11) is 0. The molecule has 0 spiro atoms. The molecule has 0 atom stereocenters. The van der Waals surface area contributed by atoms with Gasteiger partial charge in [-0.3, -0.25) is 4.79 Å². The van der Waals surface area contributed by atoms with Crippen LogP contribution in [-0.4, -0.2) is 5.78 Å². The van der Waals surface area contributed by atoms with Crippen LogP contribution in [0.3, 0.4) is 0 Å². The normalized spacial score (nSPS) is 10.4.